The molecule has 164 valence electrons. The van der Waals surface area contributed by atoms with Crippen molar-refractivity contribution in [1.29, 1.82) is 0 Å². The molecule has 1 saturated heterocycles. The Bertz CT molecular complexity index is 1160. The van der Waals surface area contributed by atoms with Crippen LogP contribution in [0.4, 0.5) is 5.69 Å². The van der Waals surface area contributed by atoms with Gasteiger partial charge in [0.25, 0.3) is 11.8 Å². The first kappa shape index (κ1) is 20.2. The van der Waals surface area contributed by atoms with E-state index in [0.717, 1.165) is 21.9 Å². The number of benzene rings is 2. The fourth-order valence-electron chi connectivity index (χ4n) is 4.53. The molecule has 1 unspecified atom stereocenters. The van der Waals surface area contributed by atoms with Crippen LogP contribution >= 0.6 is 0 Å². The van der Waals surface area contributed by atoms with E-state index in [9.17, 15) is 19.2 Å². The quantitative estimate of drug-likeness (QED) is 0.687. The highest BCUT2D eigenvalue weighted by Crippen LogP contribution is 2.36. The van der Waals surface area contributed by atoms with Crippen LogP contribution in [0, 0.1) is 0 Å². The maximum absolute atomic E-state index is 13.3. The fourth-order valence-corrected chi connectivity index (χ4v) is 4.53. The number of nitrogens with two attached hydrogens (primary N) is 1. The summed E-state index contributed by atoms with van der Waals surface area (Å²) in [5.41, 5.74) is 8.93. The van der Waals surface area contributed by atoms with Crippen molar-refractivity contribution < 1.29 is 23.9 Å². The summed E-state index contributed by atoms with van der Waals surface area (Å²) in [7, 11) is 0. The Morgan fingerprint density at radius 2 is 1.94 bits per heavy atom. The number of nitrogens with zero attached hydrogens (tertiary/aromatic N) is 2. The van der Waals surface area contributed by atoms with Gasteiger partial charge in [0, 0.05) is 19.5 Å². The normalized spacial score (nSPS) is 20.1. The van der Waals surface area contributed by atoms with Crippen molar-refractivity contribution in [1.82, 2.24) is 10.2 Å². The van der Waals surface area contributed by atoms with Gasteiger partial charge in [-0.15, -0.1) is 0 Å². The third-order valence-corrected chi connectivity index (χ3v) is 6.13. The van der Waals surface area contributed by atoms with Crippen LogP contribution < -0.4 is 20.7 Å². The lowest BCUT2D eigenvalue weighted by Gasteiger charge is -2.32. The van der Waals surface area contributed by atoms with Gasteiger partial charge < -0.3 is 15.4 Å². The number of carbonyl (C=O) groups is 4. The third-order valence-electron chi connectivity index (χ3n) is 6.13. The van der Waals surface area contributed by atoms with Gasteiger partial charge in [-0.1, -0.05) is 18.2 Å². The van der Waals surface area contributed by atoms with Gasteiger partial charge in [-0.25, -0.2) is 0 Å². The van der Waals surface area contributed by atoms with E-state index in [1.165, 1.54) is 0 Å². The Morgan fingerprint density at radius 1 is 1.09 bits per heavy atom. The summed E-state index contributed by atoms with van der Waals surface area (Å²) in [5.74, 6) is -1.28. The number of ether oxygens (including phenoxy) is 1. The van der Waals surface area contributed by atoms with Crippen molar-refractivity contribution in [2.75, 3.05) is 18.1 Å². The first-order valence-corrected chi connectivity index (χ1v) is 10.5. The van der Waals surface area contributed by atoms with Crippen molar-refractivity contribution in [3.05, 3.63) is 58.7 Å². The van der Waals surface area contributed by atoms with Crippen LogP contribution in [0.3, 0.4) is 0 Å². The van der Waals surface area contributed by atoms with E-state index < -0.39 is 29.7 Å². The van der Waals surface area contributed by atoms with E-state index in [-0.39, 0.29) is 18.4 Å². The van der Waals surface area contributed by atoms with Crippen molar-refractivity contribution in [3.63, 3.8) is 0 Å². The first-order chi connectivity index (χ1) is 15.5. The zero-order chi connectivity index (χ0) is 22.4. The van der Waals surface area contributed by atoms with E-state index in [4.69, 9.17) is 10.5 Å². The molecule has 1 fully saturated rings. The smallest absolute Gasteiger partial charge is 0.262 e. The minimum atomic E-state index is -0.982. The molecule has 9 heteroatoms. The standard InChI is InChI=1S/C23H22N4O5/c24-11-13-4-6-18-17(10-13)26(8-9-32-18)12-14-2-1-3-15-20(14)23(31)27(22(15)30)16-5-7-19(28)25-21(16)29/h1-4,6,10,16H,5,7-9,11-12,24H2,(H,25,28,29). The number of hydrogen-bond donors (Lipinski definition) is 2. The average Bonchev–Trinajstić information content (AvgIpc) is 3.05. The summed E-state index contributed by atoms with van der Waals surface area (Å²) in [4.78, 5) is 53.3. The molecule has 3 heterocycles. The molecular formula is C23H22N4O5. The average molecular weight is 434 g/mol. The second-order valence-corrected chi connectivity index (χ2v) is 8.06. The van der Waals surface area contributed by atoms with E-state index in [0.29, 0.717) is 37.4 Å². The molecule has 3 aliphatic rings. The van der Waals surface area contributed by atoms with Crippen LogP contribution in [-0.4, -0.2) is 47.7 Å². The number of amides is 4. The number of rotatable bonds is 4. The van der Waals surface area contributed by atoms with Crippen LogP contribution in [0.5, 0.6) is 5.75 Å². The van der Waals surface area contributed by atoms with E-state index >= 15 is 0 Å². The number of piperidine rings is 1. The van der Waals surface area contributed by atoms with Gasteiger partial charge in [0.1, 0.15) is 18.4 Å². The molecule has 0 aromatic heterocycles. The summed E-state index contributed by atoms with van der Waals surface area (Å²) in [5, 5.41) is 2.22. The molecule has 2 aromatic rings. The monoisotopic (exact) mass is 434 g/mol. The highest BCUT2D eigenvalue weighted by molar-refractivity contribution is 6.24. The van der Waals surface area contributed by atoms with Crippen molar-refractivity contribution in [2.24, 2.45) is 5.73 Å². The van der Waals surface area contributed by atoms with Gasteiger partial charge in [-0.3, -0.25) is 29.4 Å². The molecule has 5 rings (SSSR count). The van der Waals surface area contributed by atoms with Crippen LogP contribution in [0.2, 0.25) is 0 Å². The zero-order valence-corrected chi connectivity index (χ0v) is 17.3. The van der Waals surface area contributed by atoms with Crippen LogP contribution in [0.1, 0.15) is 44.7 Å². The van der Waals surface area contributed by atoms with E-state index in [1.54, 1.807) is 12.1 Å². The SMILES string of the molecule is NCc1ccc2c(c1)N(Cc1cccc3c1C(=O)N(C1CCC(=O)NC1=O)C3=O)CCO2. The number of fused-ring (bicyclic) bond motifs is 2. The number of carbonyl (C=O) groups excluding carboxylic acids is 4. The van der Waals surface area contributed by atoms with E-state index in [1.807, 2.05) is 24.3 Å². The summed E-state index contributed by atoms with van der Waals surface area (Å²) >= 11 is 0. The molecule has 2 aromatic carbocycles. The van der Waals surface area contributed by atoms with Crippen molar-refractivity contribution in [3.8, 4) is 5.75 Å². The number of anilines is 1. The maximum atomic E-state index is 13.3. The zero-order valence-electron chi connectivity index (χ0n) is 17.3. The minimum absolute atomic E-state index is 0.0880. The van der Waals surface area contributed by atoms with Crippen molar-refractivity contribution >= 4 is 29.3 Å². The number of imide groups is 2. The molecule has 32 heavy (non-hydrogen) atoms. The molecular weight excluding hydrogens is 412 g/mol. The van der Waals surface area contributed by atoms with Crippen LogP contribution in [-0.2, 0) is 22.7 Å². The van der Waals surface area contributed by atoms with Gasteiger partial charge in [-0.2, -0.15) is 0 Å². The molecule has 0 aliphatic carbocycles. The fraction of sp³-hybridized carbons (Fsp3) is 0.304. The Balaban J connectivity index is 1.47. The summed E-state index contributed by atoms with van der Waals surface area (Å²) in [6.07, 6.45) is 0.217. The lowest BCUT2D eigenvalue weighted by Crippen LogP contribution is -2.54. The first-order valence-electron chi connectivity index (χ1n) is 10.5. The number of nitrogens with one attached hydrogen (secondary N) is 1. The van der Waals surface area contributed by atoms with Crippen molar-refractivity contribution in [2.45, 2.75) is 32.0 Å². The Kier molecular flexibility index (Phi) is 4.90. The molecule has 9 nitrogen and oxygen atoms in total. The highest BCUT2D eigenvalue weighted by atomic mass is 16.5. The van der Waals surface area contributed by atoms with Gasteiger partial charge in [0.2, 0.25) is 11.8 Å². The summed E-state index contributed by atoms with van der Waals surface area (Å²) in [6, 6.07) is 9.96. The van der Waals surface area contributed by atoms with E-state index in [2.05, 4.69) is 10.2 Å². The third kappa shape index (κ3) is 3.21. The molecule has 3 N–H and O–H groups in total. The second-order valence-electron chi connectivity index (χ2n) is 8.06. The molecule has 0 saturated carbocycles. The Labute approximate surface area is 184 Å². The topological polar surface area (TPSA) is 122 Å². The maximum Gasteiger partial charge on any atom is 0.262 e. The summed E-state index contributed by atoms with van der Waals surface area (Å²) < 4.78 is 5.75. The van der Waals surface area contributed by atoms with Gasteiger partial charge in [0.05, 0.1) is 23.4 Å². The molecule has 4 amide bonds. The predicted octanol–water partition coefficient (Wildman–Crippen LogP) is 0.945. The minimum Gasteiger partial charge on any atom is -0.490 e. The lowest BCUT2D eigenvalue weighted by molar-refractivity contribution is -0.136. The molecule has 1 atom stereocenters. The van der Waals surface area contributed by atoms with Gasteiger partial charge in [-0.05, 0) is 35.7 Å². The lowest BCUT2D eigenvalue weighted by atomic mass is 10.0. The Morgan fingerprint density at radius 3 is 2.72 bits per heavy atom. The molecule has 0 spiro atoms. The predicted molar refractivity (Wildman–Crippen MR) is 114 cm³/mol. The second kappa shape index (κ2) is 7.76. The largest absolute Gasteiger partial charge is 0.490 e. The van der Waals surface area contributed by atoms with Crippen LogP contribution in [0.25, 0.3) is 0 Å². The molecule has 0 bridgehead atoms. The molecule has 3 aliphatic heterocycles. The van der Waals surface area contributed by atoms with Gasteiger partial charge >= 0.3 is 0 Å². The van der Waals surface area contributed by atoms with Gasteiger partial charge in [0.15, 0.2) is 0 Å². The Hall–Kier alpha value is -3.72. The number of hydrogen-bond acceptors (Lipinski definition) is 7. The summed E-state index contributed by atoms with van der Waals surface area (Å²) in [6.45, 7) is 1.91. The highest BCUT2D eigenvalue weighted by Gasteiger charge is 2.45. The van der Waals surface area contributed by atoms with Crippen LogP contribution in [0.15, 0.2) is 36.4 Å². The molecule has 0 radical (unpaired) electrons.